The number of halogens is 4. The molecule has 0 aliphatic heterocycles. The van der Waals surface area contributed by atoms with Crippen LogP contribution < -0.4 is 0 Å². The number of phenols is 2. The Morgan fingerprint density at radius 1 is 0.759 bits per heavy atom. The Kier molecular flexibility index (Phi) is 5.98. The second-order valence-corrected chi connectivity index (χ2v) is 9.33. The molecule has 0 aromatic heterocycles. The SMILES string of the molecule is O=S(=O)(O)C(c1cccc(O)c1)(c1cc(Cl)ccc1O)c1cc(Cl)c(Cl)cc1Cl. The van der Waals surface area contributed by atoms with Crippen molar-refractivity contribution in [3.05, 3.63) is 91.4 Å². The summed E-state index contributed by atoms with van der Waals surface area (Å²) in [6, 6.07) is 11.2. The first kappa shape index (κ1) is 22.0. The van der Waals surface area contributed by atoms with Gasteiger partial charge in [-0.2, -0.15) is 8.42 Å². The number of hydrogen-bond acceptors (Lipinski definition) is 4. The molecular weight excluding hydrogens is 482 g/mol. The highest BCUT2D eigenvalue weighted by atomic mass is 35.5. The lowest BCUT2D eigenvalue weighted by Gasteiger charge is -2.34. The zero-order valence-electron chi connectivity index (χ0n) is 14.3. The molecule has 0 saturated heterocycles. The summed E-state index contributed by atoms with van der Waals surface area (Å²) >= 11 is 24.5. The fourth-order valence-electron chi connectivity index (χ4n) is 3.19. The van der Waals surface area contributed by atoms with Crippen LogP contribution in [0, 0.1) is 0 Å². The molecule has 5 nitrogen and oxygen atoms in total. The van der Waals surface area contributed by atoms with Crippen LogP contribution in [0.4, 0.5) is 0 Å². The Hall–Kier alpha value is -1.67. The van der Waals surface area contributed by atoms with Crippen molar-refractivity contribution in [1.29, 1.82) is 0 Å². The van der Waals surface area contributed by atoms with Crippen LogP contribution in [0.15, 0.2) is 54.6 Å². The van der Waals surface area contributed by atoms with Crippen molar-refractivity contribution in [1.82, 2.24) is 0 Å². The fraction of sp³-hybridized carbons (Fsp3) is 0.0526. The zero-order chi connectivity index (χ0) is 21.6. The Morgan fingerprint density at radius 2 is 1.41 bits per heavy atom. The zero-order valence-corrected chi connectivity index (χ0v) is 18.1. The first-order chi connectivity index (χ1) is 13.5. The minimum Gasteiger partial charge on any atom is -0.508 e. The van der Waals surface area contributed by atoms with Crippen molar-refractivity contribution in [3.63, 3.8) is 0 Å². The molecule has 3 aromatic rings. The second kappa shape index (κ2) is 7.87. The normalized spacial score (nSPS) is 13.8. The lowest BCUT2D eigenvalue weighted by atomic mass is 9.83. The maximum absolute atomic E-state index is 13.0. The number of aromatic hydroxyl groups is 2. The van der Waals surface area contributed by atoms with Crippen LogP contribution in [0.25, 0.3) is 0 Å². The van der Waals surface area contributed by atoms with Crippen LogP contribution in [-0.2, 0) is 14.9 Å². The molecule has 3 aromatic carbocycles. The molecule has 10 heteroatoms. The number of rotatable bonds is 4. The molecule has 0 saturated carbocycles. The Bertz CT molecular complexity index is 1210. The molecule has 152 valence electrons. The number of benzene rings is 3. The van der Waals surface area contributed by atoms with Gasteiger partial charge in [0, 0.05) is 21.2 Å². The van der Waals surface area contributed by atoms with Crippen LogP contribution in [0.1, 0.15) is 16.7 Å². The third-order valence-corrected chi connectivity index (χ3v) is 7.09. The molecule has 1 atom stereocenters. The average Bonchev–Trinajstić information content (AvgIpc) is 2.61. The highest BCUT2D eigenvalue weighted by Gasteiger charge is 2.51. The van der Waals surface area contributed by atoms with Crippen molar-refractivity contribution in [2.24, 2.45) is 0 Å². The van der Waals surface area contributed by atoms with E-state index in [1.807, 2.05) is 0 Å². The molecule has 0 fully saturated rings. The van der Waals surface area contributed by atoms with Crippen LogP contribution in [-0.4, -0.2) is 23.2 Å². The molecule has 3 rings (SSSR count). The standard InChI is InChI=1S/C19H12Cl4O5S/c20-11-4-5-18(25)14(7-11)19(29(26,27)28,10-2-1-3-12(24)6-10)13-8-16(22)17(23)9-15(13)21/h1-9,24-25H,(H,26,27,28). The summed E-state index contributed by atoms with van der Waals surface area (Å²) in [7, 11) is -5.11. The van der Waals surface area contributed by atoms with Gasteiger partial charge in [0.25, 0.3) is 10.1 Å². The summed E-state index contributed by atoms with van der Waals surface area (Å²) in [5.74, 6) is -0.772. The second-order valence-electron chi connectivity index (χ2n) is 6.11. The Morgan fingerprint density at radius 3 is 2.03 bits per heavy atom. The summed E-state index contributed by atoms with van der Waals surface area (Å²) in [6.07, 6.45) is 0. The van der Waals surface area contributed by atoms with Crippen molar-refractivity contribution < 1.29 is 23.2 Å². The lowest BCUT2D eigenvalue weighted by molar-refractivity contribution is 0.439. The molecule has 0 aliphatic rings. The van der Waals surface area contributed by atoms with E-state index in [0.717, 1.165) is 6.07 Å². The summed E-state index contributed by atoms with van der Waals surface area (Å²) in [5.41, 5.74) is -0.601. The van der Waals surface area contributed by atoms with Gasteiger partial charge >= 0.3 is 0 Å². The Balaban J connectivity index is 2.63. The van der Waals surface area contributed by atoms with Gasteiger partial charge in [-0.3, -0.25) is 4.55 Å². The van der Waals surface area contributed by atoms with Gasteiger partial charge < -0.3 is 10.2 Å². The molecule has 0 aliphatic carbocycles. The Labute approximate surface area is 186 Å². The fourth-order valence-corrected chi connectivity index (χ4v) is 5.42. The summed E-state index contributed by atoms with van der Waals surface area (Å²) in [6.45, 7) is 0. The largest absolute Gasteiger partial charge is 0.508 e. The molecule has 1 unspecified atom stereocenters. The van der Waals surface area contributed by atoms with Gasteiger partial charge in [0.05, 0.1) is 10.0 Å². The van der Waals surface area contributed by atoms with Crippen LogP contribution >= 0.6 is 46.4 Å². The van der Waals surface area contributed by atoms with Gasteiger partial charge in [0.2, 0.25) is 0 Å². The summed E-state index contributed by atoms with van der Waals surface area (Å²) in [4.78, 5) is 0. The topological polar surface area (TPSA) is 94.8 Å². The third kappa shape index (κ3) is 3.77. The molecule has 0 amide bonds. The first-order valence-electron chi connectivity index (χ1n) is 7.89. The number of hydrogen-bond donors (Lipinski definition) is 3. The van der Waals surface area contributed by atoms with E-state index in [1.165, 1.54) is 48.5 Å². The molecule has 0 radical (unpaired) electrons. The molecule has 0 heterocycles. The smallest absolute Gasteiger partial charge is 0.283 e. The van der Waals surface area contributed by atoms with Crippen molar-refractivity contribution in [2.75, 3.05) is 0 Å². The van der Waals surface area contributed by atoms with E-state index in [-0.39, 0.29) is 42.5 Å². The van der Waals surface area contributed by atoms with Crippen LogP contribution in [0.5, 0.6) is 11.5 Å². The van der Waals surface area contributed by atoms with Crippen LogP contribution in [0.3, 0.4) is 0 Å². The van der Waals surface area contributed by atoms with Crippen molar-refractivity contribution in [2.45, 2.75) is 4.75 Å². The van der Waals surface area contributed by atoms with E-state index >= 15 is 0 Å². The van der Waals surface area contributed by atoms with E-state index < -0.39 is 20.6 Å². The van der Waals surface area contributed by atoms with E-state index in [0.29, 0.717) is 0 Å². The summed E-state index contributed by atoms with van der Waals surface area (Å²) in [5, 5.41) is 20.5. The third-order valence-electron chi connectivity index (χ3n) is 4.37. The van der Waals surface area contributed by atoms with E-state index in [1.54, 1.807) is 0 Å². The van der Waals surface area contributed by atoms with Gasteiger partial charge in [0.1, 0.15) is 11.5 Å². The predicted octanol–water partition coefficient (Wildman–Crippen LogP) is 5.89. The van der Waals surface area contributed by atoms with Crippen LogP contribution in [0.2, 0.25) is 20.1 Å². The van der Waals surface area contributed by atoms with Gasteiger partial charge in [0.15, 0.2) is 4.75 Å². The highest BCUT2D eigenvalue weighted by Crippen LogP contribution is 2.51. The summed E-state index contributed by atoms with van der Waals surface area (Å²) < 4.78 is 33.9. The van der Waals surface area contributed by atoms with Gasteiger partial charge in [-0.05, 0) is 48.0 Å². The maximum atomic E-state index is 13.0. The quantitative estimate of drug-likeness (QED) is 0.239. The lowest BCUT2D eigenvalue weighted by Crippen LogP contribution is -2.38. The molecule has 3 N–H and O–H groups in total. The van der Waals surface area contributed by atoms with Crippen molar-refractivity contribution in [3.8, 4) is 11.5 Å². The monoisotopic (exact) mass is 492 g/mol. The molecule has 0 spiro atoms. The molecule has 29 heavy (non-hydrogen) atoms. The predicted molar refractivity (Wildman–Crippen MR) is 114 cm³/mol. The first-order valence-corrected chi connectivity index (χ1v) is 10.8. The van der Waals surface area contributed by atoms with E-state index in [4.69, 9.17) is 46.4 Å². The van der Waals surface area contributed by atoms with E-state index in [9.17, 15) is 23.2 Å². The van der Waals surface area contributed by atoms with E-state index in [2.05, 4.69) is 0 Å². The maximum Gasteiger partial charge on any atom is 0.283 e. The average molecular weight is 494 g/mol. The number of phenolic OH excluding ortho intramolecular Hbond substituents is 2. The van der Waals surface area contributed by atoms with Gasteiger partial charge in [-0.15, -0.1) is 0 Å². The van der Waals surface area contributed by atoms with Crippen molar-refractivity contribution >= 4 is 56.5 Å². The minimum absolute atomic E-state index is 0.0410. The highest BCUT2D eigenvalue weighted by molar-refractivity contribution is 7.87. The molecular formula is C19H12Cl4O5S. The molecule has 0 bridgehead atoms. The van der Waals surface area contributed by atoms with Gasteiger partial charge in [-0.25, -0.2) is 0 Å². The minimum atomic E-state index is -5.11. The van der Waals surface area contributed by atoms with Gasteiger partial charge in [-0.1, -0.05) is 58.5 Å².